The Morgan fingerprint density at radius 1 is 1.22 bits per heavy atom. The summed E-state index contributed by atoms with van der Waals surface area (Å²) in [5, 5.41) is 3.18. The molecule has 3 nitrogen and oxygen atoms in total. The number of hydrogen-bond acceptors (Lipinski definition) is 2. The molecule has 0 saturated carbocycles. The lowest BCUT2D eigenvalue weighted by molar-refractivity contribution is -0.211. The van der Waals surface area contributed by atoms with E-state index in [1.807, 2.05) is 0 Å². The second kappa shape index (κ2) is 4.32. The summed E-state index contributed by atoms with van der Waals surface area (Å²) in [6.07, 6.45) is -3.84. The van der Waals surface area contributed by atoms with Gasteiger partial charge in [0, 0.05) is 5.56 Å². The van der Waals surface area contributed by atoms with Crippen LogP contribution >= 0.6 is 0 Å². The zero-order valence-electron chi connectivity index (χ0n) is 9.20. The molecule has 0 bridgehead atoms. The zero-order chi connectivity index (χ0) is 13.3. The summed E-state index contributed by atoms with van der Waals surface area (Å²) >= 11 is 0. The van der Waals surface area contributed by atoms with Crippen LogP contribution in [0.1, 0.15) is 0 Å². The lowest BCUT2D eigenvalue weighted by atomic mass is 10.1. The van der Waals surface area contributed by atoms with E-state index in [-0.39, 0.29) is 16.0 Å². The Labute approximate surface area is 99.6 Å². The van der Waals surface area contributed by atoms with E-state index in [0.29, 0.717) is 0 Å². The third-order valence-corrected chi connectivity index (χ3v) is 2.32. The maximum absolute atomic E-state index is 13.6. The normalized spacial score (nSPS) is 11.6. The Morgan fingerprint density at radius 3 is 2.44 bits per heavy atom. The molecule has 0 spiro atoms. The molecule has 96 valence electrons. The van der Waals surface area contributed by atoms with Crippen molar-refractivity contribution >= 4 is 0 Å². The Kier molecular flexibility index (Phi) is 2.98. The predicted molar refractivity (Wildman–Crippen MR) is 55.5 cm³/mol. The molecule has 0 unspecified atom stereocenters. The summed E-state index contributed by atoms with van der Waals surface area (Å²) in [6.45, 7) is 0. The number of ether oxygens (including phenoxy) is 1. The van der Waals surface area contributed by atoms with Gasteiger partial charge in [-0.2, -0.15) is 9.78 Å². The fraction of sp³-hybridized carbons (Fsp3) is 0.182. The van der Waals surface area contributed by atoms with Crippen LogP contribution in [0.15, 0.2) is 30.5 Å². The smallest absolute Gasteiger partial charge is 0.493 e. The van der Waals surface area contributed by atoms with E-state index < -0.39 is 17.8 Å². The van der Waals surface area contributed by atoms with E-state index in [0.717, 1.165) is 12.3 Å². The van der Waals surface area contributed by atoms with Crippen LogP contribution in [-0.2, 0) is 6.30 Å². The zero-order valence-corrected chi connectivity index (χ0v) is 9.20. The average molecular weight is 260 g/mol. The van der Waals surface area contributed by atoms with Gasteiger partial charge >= 0.3 is 6.30 Å². The van der Waals surface area contributed by atoms with E-state index in [9.17, 15) is 17.6 Å². The van der Waals surface area contributed by atoms with E-state index in [2.05, 4.69) is 5.10 Å². The van der Waals surface area contributed by atoms with Crippen LogP contribution in [0.5, 0.6) is 5.75 Å². The summed E-state index contributed by atoms with van der Waals surface area (Å²) in [7, 11) is 1.20. The fourth-order valence-corrected chi connectivity index (χ4v) is 1.58. The van der Waals surface area contributed by atoms with Gasteiger partial charge in [0.15, 0.2) is 5.75 Å². The Balaban J connectivity index is 2.69. The number of hydrogen-bond donors (Lipinski definition) is 0. The van der Waals surface area contributed by atoms with Gasteiger partial charge in [0.25, 0.3) is 0 Å². The van der Waals surface area contributed by atoms with Gasteiger partial charge in [-0.15, -0.1) is 13.2 Å². The van der Waals surface area contributed by atoms with Crippen LogP contribution in [0.25, 0.3) is 11.3 Å². The van der Waals surface area contributed by atoms with Gasteiger partial charge in [0.2, 0.25) is 0 Å². The highest BCUT2D eigenvalue weighted by Crippen LogP contribution is 2.36. The lowest BCUT2D eigenvalue weighted by Gasteiger charge is -2.12. The Hall–Kier alpha value is -2.05. The molecule has 0 aliphatic rings. The molecule has 0 N–H and O–H groups in total. The van der Waals surface area contributed by atoms with Gasteiger partial charge in [-0.3, -0.25) is 0 Å². The quantitative estimate of drug-likeness (QED) is 0.775. The van der Waals surface area contributed by atoms with Gasteiger partial charge in [-0.05, 0) is 12.1 Å². The van der Waals surface area contributed by atoms with Crippen molar-refractivity contribution in [2.45, 2.75) is 6.30 Å². The number of nitrogens with zero attached hydrogens (tertiary/aromatic N) is 2. The molecule has 1 aromatic carbocycles. The largest absolute Gasteiger partial charge is 0.505 e. The number of methoxy groups -OCH3 is 1. The van der Waals surface area contributed by atoms with Crippen molar-refractivity contribution in [2.75, 3.05) is 7.11 Å². The first-order valence-corrected chi connectivity index (χ1v) is 4.89. The van der Waals surface area contributed by atoms with Crippen LogP contribution in [0.2, 0.25) is 0 Å². The summed E-state index contributed by atoms with van der Waals surface area (Å²) in [5.41, 5.74) is -0.674. The minimum Gasteiger partial charge on any atom is -0.493 e. The number of benzene rings is 1. The maximum atomic E-state index is 13.6. The molecule has 0 saturated heterocycles. The minimum absolute atomic E-state index is 0.141. The van der Waals surface area contributed by atoms with Gasteiger partial charge in [0.05, 0.1) is 13.3 Å². The molecule has 0 amide bonds. The van der Waals surface area contributed by atoms with Gasteiger partial charge in [-0.25, -0.2) is 4.39 Å². The maximum Gasteiger partial charge on any atom is 0.505 e. The Bertz CT molecular complexity index is 562. The first kappa shape index (κ1) is 12.4. The molecule has 0 aliphatic carbocycles. The Morgan fingerprint density at radius 2 is 1.89 bits per heavy atom. The predicted octanol–water partition coefficient (Wildman–Crippen LogP) is 3.17. The average Bonchev–Trinajstić information content (AvgIpc) is 2.72. The van der Waals surface area contributed by atoms with Gasteiger partial charge in [0.1, 0.15) is 11.5 Å². The minimum atomic E-state index is -4.74. The van der Waals surface area contributed by atoms with E-state index in [4.69, 9.17) is 4.74 Å². The van der Waals surface area contributed by atoms with Crippen LogP contribution in [0.4, 0.5) is 17.6 Å². The molecule has 2 rings (SSSR count). The third-order valence-electron chi connectivity index (χ3n) is 2.32. The molecule has 18 heavy (non-hydrogen) atoms. The second-order valence-corrected chi connectivity index (χ2v) is 3.42. The standard InChI is InChI=1S/C11H8F4N2O/c1-18-9-6-16-17(11(13,14)15)10(9)7-4-2-3-5-8(7)12/h2-6H,1H3. The fourth-order valence-electron chi connectivity index (χ4n) is 1.58. The summed E-state index contributed by atoms with van der Waals surface area (Å²) in [4.78, 5) is 0. The van der Waals surface area contributed by atoms with Gasteiger partial charge < -0.3 is 4.74 Å². The van der Waals surface area contributed by atoms with E-state index in [1.54, 1.807) is 0 Å². The number of rotatable bonds is 2. The lowest BCUT2D eigenvalue weighted by Crippen LogP contribution is -2.19. The van der Waals surface area contributed by atoms with Crippen molar-refractivity contribution in [3.05, 3.63) is 36.3 Å². The second-order valence-electron chi connectivity index (χ2n) is 3.42. The van der Waals surface area contributed by atoms with Crippen molar-refractivity contribution < 1.29 is 22.3 Å². The topological polar surface area (TPSA) is 27.1 Å². The molecule has 7 heteroatoms. The molecule has 0 atom stereocenters. The number of alkyl halides is 3. The highest BCUT2D eigenvalue weighted by atomic mass is 19.4. The molecule has 1 heterocycles. The first-order valence-electron chi connectivity index (χ1n) is 4.89. The van der Waals surface area contributed by atoms with Crippen molar-refractivity contribution in [1.82, 2.24) is 9.78 Å². The first-order chi connectivity index (χ1) is 8.45. The van der Waals surface area contributed by atoms with E-state index >= 15 is 0 Å². The molecular formula is C11H8F4N2O. The SMILES string of the molecule is COc1cnn(C(F)(F)F)c1-c1ccccc1F. The van der Waals surface area contributed by atoms with Crippen molar-refractivity contribution in [3.63, 3.8) is 0 Å². The summed E-state index contributed by atoms with van der Waals surface area (Å²) in [5.74, 6) is -0.917. The highest BCUT2D eigenvalue weighted by Gasteiger charge is 2.36. The highest BCUT2D eigenvalue weighted by molar-refractivity contribution is 5.67. The summed E-state index contributed by atoms with van der Waals surface area (Å²) in [6, 6.07) is 5.13. The van der Waals surface area contributed by atoms with Crippen molar-refractivity contribution in [1.29, 1.82) is 0 Å². The van der Waals surface area contributed by atoms with Crippen LogP contribution in [0.3, 0.4) is 0 Å². The van der Waals surface area contributed by atoms with Crippen LogP contribution in [0, 0.1) is 5.82 Å². The molecule has 0 aliphatic heterocycles. The van der Waals surface area contributed by atoms with Crippen molar-refractivity contribution in [2.24, 2.45) is 0 Å². The van der Waals surface area contributed by atoms with Crippen molar-refractivity contribution in [3.8, 4) is 17.0 Å². The van der Waals surface area contributed by atoms with Gasteiger partial charge in [-0.1, -0.05) is 12.1 Å². The van der Waals surface area contributed by atoms with E-state index in [1.165, 1.54) is 25.3 Å². The molecule has 0 fully saturated rings. The molecule has 0 radical (unpaired) electrons. The monoisotopic (exact) mass is 260 g/mol. The molecular weight excluding hydrogens is 252 g/mol. The van der Waals surface area contributed by atoms with Crippen LogP contribution < -0.4 is 4.74 Å². The number of halogens is 4. The summed E-state index contributed by atoms with van der Waals surface area (Å²) < 4.78 is 56.3. The molecule has 1 aromatic heterocycles. The molecule has 2 aromatic rings. The number of aromatic nitrogens is 2. The van der Waals surface area contributed by atoms with Crippen LogP contribution in [-0.4, -0.2) is 16.9 Å². The third kappa shape index (κ3) is 2.03.